The van der Waals surface area contributed by atoms with E-state index in [1.165, 1.54) is 16.7 Å². The van der Waals surface area contributed by atoms with Gasteiger partial charge in [0.25, 0.3) is 5.91 Å². The minimum atomic E-state index is -0.600. The number of carbonyl (C=O) groups excluding carboxylic acids is 3. The van der Waals surface area contributed by atoms with Crippen molar-refractivity contribution in [3.05, 3.63) is 88.4 Å². The zero-order valence-electron chi connectivity index (χ0n) is 21.5. The van der Waals surface area contributed by atoms with Gasteiger partial charge in [-0.2, -0.15) is 0 Å². The molecule has 8 nitrogen and oxygen atoms in total. The number of hydrogen-bond acceptors (Lipinski definition) is 6. The first-order valence-electron chi connectivity index (χ1n) is 13.3. The predicted molar refractivity (Wildman–Crippen MR) is 150 cm³/mol. The smallest absolute Gasteiger partial charge is 0.255 e. The van der Waals surface area contributed by atoms with Gasteiger partial charge in [-0.05, 0) is 59.0 Å². The number of nitrogens with zero attached hydrogens (tertiary/aromatic N) is 3. The highest BCUT2D eigenvalue weighted by atomic mass is 35.5. The molecule has 2 saturated heterocycles. The van der Waals surface area contributed by atoms with Crippen molar-refractivity contribution in [3.8, 4) is 11.1 Å². The lowest BCUT2D eigenvalue weighted by Gasteiger charge is -2.35. The summed E-state index contributed by atoms with van der Waals surface area (Å²) >= 11 is 6.09. The molecule has 0 spiro atoms. The monoisotopic (exact) mass is 543 g/mol. The molecule has 0 aromatic heterocycles. The average molecular weight is 544 g/mol. The summed E-state index contributed by atoms with van der Waals surface area (Å²) in [5, 5.41) is 5.30. The zero-order chi connectivity index (χ0) is 26.9. The summed E-state index contributed by atoms with van der Waals surface area (Å²) in [5.41, 5.74) is 9.64. The van der Waals surface area contributed by atoms with Crippen molar-refractivity contribution in [2.24, 2.45) is 0 Å². The number of piperazine rings is 1. The molecule has 39 heavy (non-hydrogen) atoms. The third kappa shape index (κ3) is 5.41. The molecule has 3 aliphatic heterocycles. The van der Waals surface area contributed by atoms with Crippen LogP contribution in [0.1, 0.15) is 34.3 Å². The SMILES string of the molecule is O=C1CCC(N2Cc3cc(NN4CCN(Cc5ccccc5-c5ccc(Cl)cc5)CC4)ccc3C2=O)C(=O)N1. The molecule has 3 heterocycles. The number of benzene rings is 3. The molecule has 200 valence electrons. The third-order valence-electron chi connectivity index (χ3n) is 7.75. The molecule has 3 aromatic carbocycles. The molecule has 1 unspecified atom stereocenters. The van der Waals surface area contributed by atoms with E-state index in [1.807, 2.05) is 30.3 Å². The van der Waals surface area contributed by atoms with E-state index < -0.39 is 6.04 Å². The topological polar surface area (TPSA) is 85.0 Å². The van der Waals surface area contributed by atoms with Crippen LogP contribution in [0.2, 0.25) is 5.02 Å². The Balaban J connectivity index is 1.06. The van der Waals surface area contributed by atoms with Gasteiger partial charge in [0, 0.05) is 62.0 Å². The first kappa shape index (κ1) is 25.6. The number of nitrogens with one attached hydrogen (secondary N) is 2. The quantitative estimate of drug-likeness (QED) is 0.459. The van der Waals surface area contributed by atoms with Gasteiger partial charge in [0.05, 0.1) is 0 Å². The number of hydrogen-bond donors (Lipinski definition) is 2. The van der Waals surface area contributed by atoms with Crippen LogP contribution in [0.4, 0.5) is 5.69 Å². The van der Waals surface area contributed by atoms with Crippen LogP contribution in [0.25, 0.3) is 11.1 Å². The number of halogens is 1. The molecular weight excluding hydrogens is 514 g/mol. The molecule has 0 aliphatic carbocycles. The highest BCUT2D eigenvalue weighted by molar-refractivity contribution is 6.30. The van der Waals surface area contributed by atoms with E-state index >= 15 is 0 Å². The number of fused-ring (bicyclic) bond motifs is 1. The van der Waals surface area contributed by atoms with E-state index in [1.54, 1.807) is 4.90 Å². The fourth-order valence-corrected chi connectivity index (χ4v) is 5.78. The molecule has 6 rings (SSSR count). The molecule has 1 atom stereocenters. The van der Waals surface area contributed by atoms with Gasteiger partial charge in [0.15, 0.2) is 0 Å². The summed E-state index contributed by atoms with van der Waals surface area (Å²) < 4.78 is 0. The first-order valence-corrected chi connectivity index (χ1v) is 13.7. The van der Waals surface area contributed by atoms with Gasteiger partial charge in [-0.15, -0.1) is 0 Å². The molecule has 3 aliphatic rings. The van der Waals surface area contributed by atoms with Gasteiger partial charge < -0.3 is 10.3 Å². The van der Waals surface area contributed by atoms with Crippen LogP contribution in [0.15, 0.2) is 66.7 Å². The van der Waals surface area contributed by atoms with Crippen molar-refractivity contribution in [2.45, 2.75) is 32.0 Å². The Hall–Kier alpha value is -3.72. The van der Waals surface area contributed by atoms with Gasteiger partial charge in [-0.3, -0.25) is 24.6 Å². The van der Waals surface area contributed by atoms with E-state index in [-0.39, 0.29) is 24.1 Å². The van der Waals surface area contributed by atoms with Crippen molar-refractivity contribution in [1.82, 2.24) is 20.1 Å². The number of carbonyl (C=O) groups is 3. The molecule has 0 bridgehead atoms. The second kappa shape index (κ2) is 10.8. The fourth-order valence-electron chi connectivity index (χ4n) is 5.65. The van der Waals surface area contributed by atoms with E-state index in [2.05, 4.69) is 57.0 Å². The van der Waals surface area contributed by atoms with Crippen LogP contribution in [-0.2, 0) is 22.7 Å². The molecule has 3 aromatic rings. The highest BCUT2D eigenvalue weighted by Crippen LogP contribution is 2.30. The van der Waals surface area contributed by atoms with Gasteiger partial charge >= 0.3 is 0 Å². The Labute approximate surface area is 232 Å². The van der Waals surface area contributed by atoms with Crippen LogP contribution < -0.4 is 10.7 Å². The van der Waals surface area contributed by atoms with E-state index in [0.29, 0.717) is 18.5 Å². The number of anilines is 1. The number of piperidine rings is 1. The molecule has 2 fully saturated rings. The maximum atomic E-state index is 13.0. The first-order chi connectivity index (χ1) is 18.9. The molecule has 0 radical (unpaired) electrons. The number of rotatable bonds is 6. The standard InChI is InChI=1S/C30H30ClN5O3/c31-23-7-5-20(6-8-23)25-4-2-1-3-21(25)18-34-13-15-35(16-14-34)33-24-9-10-26-22(17-24)19-36(30(26)39)27-11-12-28(37)32-29(27)38/h1-10,17,27,33H,11-16,18-19H2,(H,32,37,38). The molecule has 9 heteroatoms. The minimum Gasteiger partial charge on any atom is -0.322 e. The lowest BCUT2D eigenvalue weighted by Crippen LogP contribution is -2.52. The van der Waals surface area contributed by atoms with Crippen molar-refractivity contribution < 1.29 is 14.4 Å². The molecule has 0 saturated carbocycles. The van der Waals surface area contributed by atoms with Crippen LogP contribution in [0.5, 0.6) is 0 Å². The second-order valence-electron chi connectivity index (χ2n) is 10.3. The number of amides is 3. The fraction of sp³-hybridized carbons (Fsp3) is 0.300. The Morgan fingerprint density at radius 2 is 1.67 bits per heavy atom. The van der Waals surface area contributed by atoms with Crippen molar-refractivity contribution in [2.75, 3.05) is 31.6 Å². The van der Waals surface area contributed by atoms with E-state index in [9.17, 15) is 14.4 Å². The zero-order valence-corrected chi connectivity index (χ0v) is 22.3. The largest absolute Gasteiger partial charge is 0.322 e. The van der Waals surface area contributed by atoms with Crippen molar-refractivity contribution in [3.63, 3.8) is 0 Å². The van der Waals surface area contributed by atoms with Gasteiger partial charge in [-0.25, -0.2) is 5.01 Å². The minimum absolute atomic E-state index is 0.154. The van der Waals surface area contributed by atoms with Crippen LogP contribution in [0, 0.1) is 0 Å². The third-order valence-corrected chi connectivity index (χ3v) is 8.00. The molecular formula is C30H30ClN5O3. The van der Waals surface area contributed by atoms with Gasteiger partial charge in [-0.1, -0.05) is 48.0 Å². The summed E-state index contributed by atoms with van der Waals surface area (Å²) in [5.74, 6) is -0.823. The average Bonchev–Trinajstić information content (AvgIpc) is 3.26. The maximum Gasteiger partial charge on any atom is 0.255 e. The van der Waals surface area contributed by atoms with Crippen molar-refractivity contribution in [1.29, 1.82) is 0 Å². The highest BCUT2D eigenvalue weighted by Gasteiger charge is 2.39. The summed E-state index contributed by atoms with van der Waals surface area (Å²) in [6, 6.07) is 21.7. The Kier molecular flexibility index (Phi) is 7.08. The lowest BCUT2D eigenvalue weighted by molar-refractivity contribution is -0.136. The number of hydrazine groups is 1. The van der Waals surface area contributed by atoms with Gasteiger partial charge in [0.1, 0.15) is 6.04 Å². The predicted octanol–water partition coefficient (Wildman–Crippen LogP) is 3.91. The lowest BCUT2D eigenvalue weighted by atomic mass is 9.99. The van der Waals surface area contributed by atoms with Gasteiger partial charge in [0.2, 0.25) is 11.8 Å². The molecule has 3 amide bonds. The molecule has 2 N–H and O–H groups in total. The van der Waals surface area contributed by atoms with Crippen LogP contribution in [-0.4, -0.2) is 64.8 Å². The maximum absolute atomic E-state index is 13.0. The number of imide groups is 1. The summed E-state index contributed by atoms with van der Waals surface area (Å²) in [6.07, 6.45) is 0.617. The summed E-state index contributed by atoms with van der Waals surface area (Å²) in [6.45, 7) is 4.83. The van der Waals surface area contributed by atoms with Crippen LogP contribution in [0.3, 0.4) is 0 Å². The summed E-state index contributed by atoms with van der Waals surface area (Å²) in [4.78, 5) is 40.8. The Bertz CT molecular complexity index is 1420. The summed E-state index contributed by atoms with van der Waals surface area (Å²) in [7, 11) is 0. The van der Waals surface area contributed by atoms with E-state index in [0.717, 1.165) is 49.0 Å². The normalized spacial score (nSPS) is 20.2. The van der Waals surface area contributed by atoms with E-state index in [4.69, 9.17) is 11.6 Å². The second-order valence-corrected chi connectivity index (χ2v) is 10.7. The Morgan fingerprint density at radius 3 is 2.44 bits per heavy atom. The Morgan fingerprint density at radius 1 is 0.897 bits per heavy atom. The van der Waals surface area contributed by atoms with Crippen LogP contribution >= 0.6 is 11.6 Å². The van der Waals surface area contributed by atoms with Crippen molar-refractivity contribution >= 4 is 35.0 Å².